The van der Waals surface area contributed by atoms with Crippen LogP contribution in [-0.4, -0.2) is 35.1 Å². The van der Waals surface area contributed by atoms with Crippen LogP contribution in [0.1, 0.15) is 56.1 Å². The second-order valence-corrected chi connectivity index (χ2v) is 11.7. The van der Waals surface area contributed by atoms with E-state index in [0.29, 0.717) is 11.1 Å². The Morgan fingerprint density at radius 2 is 1.79 bits per heavy atom. The summed E-state index contributed by atoms with van der Waals surface area (Å²) in [5, 5.41) is 0.691. The fourth-order valence-corrected chi connectivity index (χ4v) is 6.72. The predicted octanol–water partition coefficient (Wildman–Crippen LogP) is 7.16. The van der Waals surface area contributed by atoms with Crippen LogP contribution in [-0.2, 0) is 0 Å². The Morgan fingerprint density at radius 3 is 2.50 bits per heavy atom. The number of ether oxygens (including phenoxy) is 1. The molecule has 5 rings (SSSR count). The molecule has 1 aliphatic heterocycles. The van der Waals surface area contributed by atoms with E-state index in [4.69, 9.17) is 16.3 Å². The lowest BCUT2D eigenvalue weighted by Gasteiger charge is -2.39. The molecule has 2 aromatic carbocycles. The summed E-state index contributed by atoms with van der Waals surface area (Å²) in [5.74, 6) is 0.921. The van der Waals surface area contributed by atoms with Crippen LogP contribution in [0.2, 0.25) is 5.02 Å². The van der Waals surface area contributed by atoms with Crippen molar-refractivity contribution in [3.05, 3.63) is 70.9 Å². The minimum Gasteiger partial charge on any atom is -0.497 e. The van der Waals surface area contributed by atoms with E-state index < -0.39 is 0 Å². The lowest BCUT2D eigenvalue weighted by molar-refractivity contribution is 0.0707. The molecule has 1 aliphatic carbocycles. The molecule has 1 amide bonds. The van der Waals surface area contributed by atoms with Gasteiger partial charge in [0.05, 0.1) is 18.4 Å². The highest BCUT2D eigenvalue weighted by molar-refractivity contribution is 6.30. The molecule has 2 atom stereocenters. The Labute approximate surface area is 207 Å². The van der Waals surface area contributed by atoms with Gasteiger partial charge in [0.25, 0.3) is 5.91 Å². The third-order valence-electron chi connectivity index (χ3n) is 7.60. The number of likely N-dealkylation sites (tertiary alicyclic amines) is 1. The first-order valence-electron chi connectivity index (χ1n) is 12.0. The van der Waals surface area contributed by atoms with Gasteiger partial charge in [0.15, 0.2) is 0 Å². The van der Waals surface area contributed by atoms with E-state index in [1.165, 1.54) is 6.42 Å². The molecule has 2 aliphatic rings. The zero-order chi connectivity index (χ0) is 24.3. The van der Waals surface area contributed by atoms with Gasteiger partial charge >= 0.3 is 0 Å². The molecule has 178 valence electrons. The first-order valence-corrected chi connectivity index (χ1v) is 12.4. The zero-order valence-corrected chi connectivity index (χ0v) is 21.4. The fraction of sp³-hybridized carbons (Fsp3) is 0.414. The molecule has 1 saturated carbocycles. The minimum absolute atomic E-state index is 0.140. The predicted molar refractivity (Wildman–Crippen MR) is 138 cm³/mol. The van der Waals surface area contributed by atoms with Gasteiger partial charge in [-0.2, -0.15) is 0 Å². The number of carbonyl (C=O) groups is 1. The van der Waals surface area contributed by atoms with Crippen LogP contribution >= 0.6 is 11.6 Å². The van der Waals surface area contributed by atoms with Crippen molar-refractivity contribution in [3.8, 4) is 22.7 Å². The normalized spacial score (nSPS) is 23.2. The molecule has 0 spiro atoms. The third-order valence-corrected chi connectivity index (χ3v) is 7.86. The van der Waals surface area contributed by atoms with Crippen LogP contribution in [0.5, 0.6) is 5.75 Å². The van der Waals surface area contributed by atoms with Crippen molar-refractivity contribution < 1.29 is 9.53 Å². The number of carbonyl (C=O) groups excluding carboxylic acids is 1. The van der Waals surface area contributed by atoms with Crippen molar-refractivity contribution in [1.82, 2.24) is 9.47 Å². The average Bonchev–Trinajstić information content (AvgIpc) is 3.26. The number of halogens is 1. The number of benzene rings is 2. The van der Waals surface area contributed by atoms with Crippen LogP contribution in [0.15, 0.2) is 54.6 Å². The number of hydrogen-bond acceptors (Lipinski definition) is 2. The first-order chi connectivity index (χ1) is 16.1. The number of rotatable bonds is 4. The van der Waals surface area contributed by atoms with Crippen molar-refractivity contribution in [2.75, 3.05) is 13.7 Å². The maximum atomic E-state index is 14.0. The van der Waals surface area contributed by atoms with Gasteiger partial charge in [-0.15, -0.1) is 0 Å². The van der Waals surface area contributed by atoms with Crippen molar-refractivity contribution in [2.45, 2.75) is 53.0 Å². The molecule has 4 nitrogen and oxygen atoms in total. The molecule has 2 bridgehead atoms. The molecule has 3 aromatic rings. The number of hydrogen-bond donors (Lipinski definition) is 0. The Bertz CT molecular complexity index is 1240. The summed E-state index contributed by atoms with van der Waals surface area (Å²) in [6.07, 6.45) is 3.33. The van der Waals surface area contributed by atoms with E-state index in [0.717, 1.165) is 53.3 Å². The molecule has 34 heavy (non-hydrogen) atoms. The van der Waals surface area contributed by atoms with E-state index in [2.05, 4.69) is 42.4 Å². The maximum absolute atomic E-state index is 14.0. The SMILES string of the molecule is COc1cccc(-n2c(-c3ccc(Cl)cc3)cc(C(=O)N3CC4(C)CC3CC(C)(C)C4)c2C)c1. The van der Waals surface area contributed by atoms with E-state index in [1.807, 2.05) is 49.4 Å². The third kappa shape index (κ3) is 4.02. The van der Waals surface area contributed by atoms with Crippen molar-refractivity contribution in [3.63, 3.8) is 0 Å². The van der Waals surface area contributed by atoms with Gasteiger partial charge in [0.1, 0.15) is 5.75 Å². The second kappa shape index (κ2) is 8.20. The lowest BCUT2D eigenvalue weighted by Crippen LogP contribution is -2.37. The minimum atomic E-state index is 0.140. The van der Waals surface area contributed by atoms with Crippen LogP contribution in [0, 0.1) is 17.8 Å². The van der Waals surface area contributed by atoms with Gasteiger partial charge in [0, 0.05) is 35.1 Å². The molecule has 2 heterocycles. The molecule has 0 N–H and O–H groups in total. The molecule has 1 saturated heterocycles. The van der Waals surface area contributed by atoms with Crippen LogP contribution in [0.4, 0.5) is 0 Å². The Balaban J connectivity index is 1.61. The van der Waals surface area contributed by atoms with Crippen molar-refractivity contribution >= 4 is 17.5 Å². The zero-order valence-electron chi connectivity index (χ0n) is 20.7. The van der Waals surface area contributed by atoms with Crippen LogP contribution in [0.25, 0.3) is 16.9 Å². The number of amides is 1. The number of aromatic nitrogens is 1. The number of nitrogens with zero attached hydrogens (tertiary/aromatic N) is 2. The maximum Gasteiger partial charge on any atom is 0.255 e. The first kappa shape index (κ1) is 23.0. The van der Waals surface area contributed by atoms with E-state index in [9.17, 15) is 4.79 Å². The molecular weight excluding hydrogens is 444 g/mol. The standard InChI is InChI=1S/C29H33ClN2O2/c1-19-25(27(33)31-18-29(4)16-23(31)15-28(2,3)17-29)14-26(20-9-11-21(30)12-10-20)32(19)22-7-6-8-24(13-22)34-5/h6-14,23H,15-18H2,1-5H3. The lowest BCUT2D eigenvalue weighted by atomic mass is 9.65. The summed E-state index contributed by atoms with van der Waals surface area (Å²) in [7, 11) is 1.67. The largest absolute Gasteiger partial charge is 0.497 e. The summed E-state index contributed by atoms with van der Waals surface area (Å²) < 4.78 is 7.64. The van der Waals surface area contributed by atoms with Gasteiger partial charge < -0.3 is 14.2 Å². The smallest absolute Gasteiger partial charge is 0.255 e. The Morgan fingerprint density at radius 1 is 1.06 bits per heavy atom. The van der Waals surface area contributed by atoms with Crippen LogP contribution in [0.3, 0.4) is 0 Å². The van der Waals surface area contributed by atoms with E-state index >= 15 is 0 Å². The van der Waals surface area contributed by atoms with Crippen LogP contribution < -0.4 is 4.74 Å². The van der Waals surface area contributed by atoms with Crippen molar-refractivity contribution in [1.29, 1.82) is 0 Å². The fourth-order valence-electron chi connectivity index (χ4n) is 6.59. The molecule has 5 heteroatoms. The number of fused-ring (bicyclic) bond motifs is 2. The highest BCUT2D eigenvalue weighted by Gasteiger charge is 2.51. The summed E-state index contributed by atoms with van der Waals surface area (Å²) in [6.45, 7) is 9.91. The quantitative estimate of drug-likeness (QED) is 0.400. The molecular formula is C29H33ClN2O2. The van der Waals surface area contributed by atoms with Crippen molar-refractivity contribution in [2.24, 2.45) is 10.8 Å². The molecule has 0 radical (unpaired) electrons. The summed E-state index contributed by atoms with van der Waals surface area (Å²) in [5.41, 5.74) is 5.12. The van der Waals surface area contributed by atoms with Gasteiger partial charge in [-0.05, 0) is 72.9 Å². The Hall–Kier alpha value is -2.72. The summed E-state index contributed by atoms with van der Waals surface area (Å²) in [6, 6.07) is 18.1. The Kier molecular flexibility index (Phi) is 5.55. The summed E-state index contributed by atoms with van der Waals surface area (Å²) in [4.78, 5) is 16.2. The molecule has 2 fully saturated rings. The van der Waals surface area contributed by atoms with E-state index in [-0.39, 0.29) is 16.7 Å². The topological polar surface area (TPSA) is 34.5 Å². The summed E-state index contributed by atoms with van der Waals surface area (Å²) >= 11 is 6.17. The van der Waals surface area contributed by atoms with E-state index in [1.54, 1.807) is 7.11 Å². The number of methoxy groups -OCH3 is 1. The average molecular weight is 477 g/mol. The molecule has 1 aromatic heterocycles. The highest BCUT2D eigenvalue weighted by Crippen LogP contribution is 2.53. The van der Waals surface area contributed by atoms with Gasteiger partial charge in [-0.3, -0.25) is 4.79 Å². The second-order valence-electron chi connectivity index (χ2n) is 11.2. The van der Waals surface area contributed by atoms with Gasteiger partial charge in [-0.25, -0.2) is 0 Å². The monoisotopic (exact) mass is 476 g/mol. The molecule has 2 unspecified atom stereocenters. The van der Waals surface area contributed by atoms with Gasteiger partial charge in [-0.1, -0.05) is 50.6 Å². The highest BCUT2D eigenvalue weighted by atomic mass is 35.5. The van der Waals surface area contributed by atoms with Gasteiger partial charge in [0.2, 0.25) is 0 Å².